The molecule has 1 aliphatic rings. The van der Waals surface area contributed by atoms with Gasteiger partial charge in [0.05, 0.1) is 0 Å². The number of aromatic amines is 1. The van der Waals surface area contributed by atoms with Crippen LogP contribution in [0.2, 0.25) is 0 Å². The molecule has 1 aliphatic carbocycles. The van der Waals surface area contributed by atoms with E-state index in [2.05, 4.69) is 11.9 Å². The summed E-state index contributed by atoms with van der Waals surface area (Å²) in [5.41, 5.74) is 3.69. The second-order valence-electron chi connectivity index (χ2n) is 3.47. The minimum absolute atomic E-state index is 0.121. The Morgan fingerprint density at radius 1 is 1.14 bits per heavy atom. The molecule has 0 atom stereocenters. The molecule has 0 aromatic carbocycles. The molecule has 2 rings (SSSR count). The van der Waals surface area contributed by atoms with Crippen molar-refractivity contribution < 1.29 is 0 Å². The van der Waals surface area contributed by atoms with Crippen molar-refractivity contribution in [3.05, 3.63) is 33.2 Å². The zero-order valence-corrected chi connectivity index (χ0v) is 9.31. The lowest BCUT2D eigenvalue weighted by molar-refractivity contribution is 0.672. The predicted octanol–water partition coefficient (Wildman–Crippen LogP) is 2.59. The Bertz CT molecular complexity index is 352. The Morgan fingerprint density at radius 2 is 1.71 bits per heavy atom. The summed E-state index contributed by atoms with van der Waals surface area (Å²) in [6.07, 6.45) is 6.28. The van der Waals surface area contributed by atoms with Crippen molar-refractivity contribution in [2.45, 2.75) is 46.5 Å². The Labute approximate surface area is 85.4 Å². The third-order valence-electron chi connectivity index (χ3n) is 2.64. The van der Waals surface area contributed by atoms with Gasteiger partial charge in [0.15, 0.2) is 0 Å². The summed E-state index contributed by atoms with van der Waals surface area (Å²) in [6.45, 7) is 6.07. The van der Waals surface area contributed by atoms with E-state index >= 15 is 0 Å². The van der Waals surface area contributed by atoms with Crippen LogP contribution < -0.4 is 5.56 Å². The Hall–Kier alpha value is -1.05. The second-order valence-corrected chi connectivity index (χ2v) is 3.47. The van der Waals surface area contributed by atoms with Gasteiger partial charge in [-0.25, -0.2) is 0 Å². The lowest BCUT2D eigenvalue weighted by atomic mass is 9.90. The standard InChI is InChI=1S/C10H13NO.C2H6/c1-7-6-11-10(12)9-5-3-2-4-8(7)9;1-2/h6H,2-5H2,1H3,(H,11,12);1-2H3. The van der Waals surface area contributed by atoms with Crippen LogP contribution in [-0.2, 0) is 12.8 Å². The van der Waals surface area contributed by atoms with Crippen molar-refractivity contribution >= 4 is 0 Å². The van der Waals surface area contributed by atoms with Crippen LogP contribution in [0.4, 0.5) is 0 Å². The van der Waals surface area contributed by atoms with Gasteiger partial charge in [0, 0.05) is 11.8 Å². The van der Waals surface area contributed by atoms with Crippen molar-refractivity contribution in [2.24, 2.45) is 0 Å². The number of hydrogen-bond donors (Lipinski definition) is 1. The van der Waals surface area contributed by atoms with Gasteiger partial charge in [0.1, 0.15) is 0 Å². The maximum atomic E-state index is 11.4. The number of pyridine rings is 1. The molecule has 14 heavy (non-hydrogen) atoms. The lowest BCUT2D eigenvalue weighted by Gasteiger charge is -2.15. The van der Waals surface area contributed by atoms with Gasteiger partial charge in [-0.05, 0) is 43.7 Å². The van der Waals surface area contributed by atoms with Gasteiger partial charge in [-0.1, -0.05) is 13.8 Å². The quantitative estimate of drug-likeness (QED) is 0.675. The molecule has 0 radical (unpaired) electrons. The number of H-pyrrole nitrogens is 1. The predicted molar refractivity (Wildman–Crippen MR) is 59.8 cm³/mol. The van der Waals surface area contributed by atoms with Gasteiger partial charge < -0.3 is 4.98 Å². The largest absolute Gasteiger partial charge is 0.329 e. The van der Waals surface area contributed by atoms with Crippen LogP contribution in [0.15, 0.2) is 11.0 Å². The van der Waals surface area contributed by atoms with Crippen molar-refractivity contribution in [3.63, 3.8) is 0 Å². The highest BCUT2D eigenvalue weighted by Gasteiger charge is 2.13. The molecule has 78 valence electrons. The van der Waals surface area contributed by atoms with E-state index in [9.17, 15) is 4.79 Å². The fraction of sp³-hybridized carbons (Fsp3) is 0.583. The van der Waals surface area contributed by atoms with E-state index < -0.39 is 0 Å². The van der Waals surface area contributed by atoms with Crippen molar-refractivity contribution in [1.29, 1.82) is 0 Å². The molecular formula is C12H19NO. The van der Waals surface area contributed by atoms with E-state index in [1.165, 1.54) is 24.0 Å². The molecule has 0 aliphatic heterocycles. The van der Waals surface area contributed by atoms with Crippen LogP contribution in [0.5, 0.6) is 0 Å². The van der Waals surface area contributed by atoms with Crippen LogP contribution >= 0.6 is 0 Å². The second kappa shape index (κ2) is 4.99. The van der Waals surface area contributed by atoms with Gasteiger partial charge in [0.25, 0.3) is 5.56 Å². The molecule has 1 aromatic rings. The summed E-state index contributed by atoms with van der Waals surface area (Å²) in [5.74, 6) is 0. The first-order valence-corrected chi connectivity index (χ1v) is 5.49. The summed E-state index contributed by atoms with van der Waals surface area (Å²) in [7, 11) is 0. The summed E-state index contributed by atoms with van der Waals surface area (Å²) >= 11 is 0. The third kappa shape index (κ3) is 2.06. The molecule has 1 heterocycles. The third-order valence-corrected chi connectivity index (χ3v) is 2.64. The molecule has 1 N–H and O–H groups in total. The highest BCUT2D eigenvalue weighted by atomic mass is 16.1. The van der Waals surface area contributed by atoms with Gasteiger partial charge >= 0.3 is 0 Å². The van der Waals surface area contributed by atoms with Crippen LogP contribution in [0.1, 0.15) is 43.4 Å². The van der Waals surface area contributed by atoms with E-state index in [4.69, 9.17) is 0 Å². The van der Waals surface area contributed by atoms with Gasteiger partial charge in [0.2, 0.25) is 0 Å². The normalized spacial score (nSPS) is 13.9. The van der Waals surface area contributed by atoms with Gasteiger partial charge in [-0.15, -0.1) is 0 Å². The average molecular weight is 193 g/mol. The Kier molecular flexibility index (Phi) is 3.93. The molecule has 1 aromatic heterocycles. The number of hydrogen-bond acceptors (Lipinski definition) is 1. The van der Waals surface area contributed by atoms with E-state index in [-0.39, 0.29) is 5.56 Å². The summed E-state index contributed by atoms with van der Waals surface area (Å²) in [5, 5.41) is 0. The number of nitrogens with one attached hydrogen (secondary N) is 1. The molecule has 0 amide bonds. The zero-order valence-electron chi connectivity index (χ0n) is 9.31. The highest BCUT2D eigenvalue weighted by molar-refractivity contribution is 5.32. The molecule has 0 saturated carbocycles. The number of aryl methyl sites for hydroxylation is 1. The van der Waals surface area contributed by atoms with E-state index in [1.807, 2.05) is 20.0 Å². The van der Waals surface area contributed by atoms with Crippen LogP contribution in [-0.4, -0.2) is 4.98 Å². The van der Waals surface area contributed by atoms with Gasteiger partial charge in [-0.3, -0.25) is 4.79 Å². The fourth-order valence-electron chi connectivity index (χ4n) is 1.94. The van der Waals surface area contributed by atoms with Gasteiger partial charge in [-0.2, -0.15) is 0 Å². The summed E-state index contributed by atoms with van der Waals surface area (Å²) in [6, 6.07) is 0. The molecule has 0 spiro atoms. The molecule has 0 unspecified atom stereocenters. The summed E-state index contributed by atoms with van der Waals surface area (Å²) in [4.78, 5) is 14.1. The smallest absolute Gasteiger partial charge is 0.251 e. The lowest BCUT2D eigenvalue weighted by Crippen LogP contribution is -2.19. The number of fused-ring (bicyclic) bond motifs is 1. The maximum Gasteiger partial charge on any atom is 0.251 e. The Morgan fingerprint density at radius 3 is 2.29 bits per heavy atom. The van der Waals surface area contributed by atoms with Crippen LogP contribution in [0.25, 0.3) is 0 Å². The Balaban J connectivity index is 0.000000461. The van der Waals surface area contributed by atoms with Crippen molar-refractivity contribution in [1.82, 2.24) is 4.98 Å². The SMILES string of the molecule is CC.Cc1c[nH]c(=O)c2c1CCCC2. The minimum Gasteiger partial charge on any atom is -0.329 e. The summed E-state index contributed by atoms with van der Waals surface area (Å²) < 4.78 is 0. The van der Waals surface area contributed by atoms with E-state index in [1.54, 1.807) is 0 Å². The zero-order chi connectivity index (χ0) is 10.6. The molecule has 0 saturated heterocycles. The van der Waals surface area contributed by atoms with E-state index in [0.717, 1.165) is 18.4 Å². The first-order chi connectivity index (χ1) is 6.79. The van der Waals surface area contributed by atoms with Crippen LogP contribution in [0.3, 0.4) is 0 Å². The monoisotopic (exact) mass is 193 g/mol. The van der Waals surface area contributed by atoms with E-state index in [0.29, 0.717) is 0 Å². The fourth-order valence-corrected chi connectivity index (χ4v) is 1.94. The first-order valence-electron chi connectivity index (χ1n) is 5.49. The average Bonchev–Trinajstić information content (AvgIpc) is 2.27. The topological polar surface area (TPSA) is 32.9 Å². The molecule has 2 heteroatoms. The number of aromatic nitrogens is 1. The highest BCUT2D eigenvalue weighted by Crippen LogP contribution is 2.19. The number of rotatable bonds is 0. The first kappa shape index (κ1) is 11.0. The van der Waals surface area contributed by atoms with Crippen molar-refractivity contribution in [3.8, 4) is 0 Å². The molecular weight excluding hydrogens is 174 g/mol. The molecule has 2 nitrogen and oxygen atoms in total. The molecule has 0 bridgehead atoms. The minimum atomic E-state index is 0.121. The van der Waals surface area contributed by atoms with Crippen LogP contribution in [0, 0.1) is 6.92 Å². The van der Waals surface area contributed by atoms with Crippen molar-refractivity contribution in [2.75, 3.05) is 0 Å². The molecule has 0 fully saturated rings. The maximum absolute atomic E-state index is 11.4.